The Bertz CT molecular complexity index is 752. The van der Waals surface area contributed by atoms with Gasteiger partial charge in [0.2, 0.25) is 0 Å². The number of urea groups is 1. The molecule has 1 aliphatic heterocycles. The van der Waals surface area contributed by atoms with Crippen molar-refractivity contribution in [2.24, 2.45) is 23.2 Å². The Balaban J connectivity index is 1.37. The predicted molar refractivity (Wildman–Crippen MR) is 97.5 cm³/mol. The molecule has 4 bridgehead atoms. The summed E-state index contributed by atoms with van der Waals surface area (Å²) in [4.78, 5) is 39.9. The molecule has 0 radical (unpaired) electrons. The zero-order chi connectivity index (χ0) is 18.1. The van der Waals surface area contributed by atoms with Crippen LogP contribution in [0.25, 0.3) is 0 Å². The van der Waals surface area contributed by atoms with Crippen LogP contribution in [0.1, 0.15) is 51.0 Å². The van der Waals surface area contributed by atoms with Crippen LogP contribution in [0.15, 0.2) is 16.8 Å². The predicted octanol–water partition coefficient (Wildman–Crippen LogP) is 3.30. The van der Waals surface area contributed by atoms with Crippen molar-refractivity contribution in [3.63, 3.8) is 0 Å². The van der Waals surface area contributed by atoms with E-state index in [1.165, 1.54) is 30.6 Å². The van der Waals surface area contributed by atoms with Crippen molar-refractivity contribution in [1.29, 1.82) is 0 Å². The van der Waals surface area contributed by atoms with Crippen LogP contribution in [-0.2, 0) is 15.1 Å². The van der Waals surface area contributed by atoms with Crippen LogP contribution < -0.4 is 5.32 Å². The third-order valence-electron chi connectivity index (χ3n) is 7.30. The van der Waals surface area contributed by atoms with Gasteiger partial charge in [0, 0.05) is 5.41 Å². The van der Waals surface area contributed by atoms with Gasteiger partial charge in [-0.2, -0.15) is 11.3 Å². The number of hydrogen-bond donors (Lipinski definition) is 1. The van der Waals surface area contributed by atoms with Crippen LogP contribution >= 0.6 is 11.3 Å². The van der Waals surface area contributed by atoms with Gasteiger partial charge in [-0.15, -0.1) is 0 Å². The molecule has 5 fully saturated rings. The fraction of sp³-hybridized carbons (Fsp3) is 0.650. The van der Waals surface area contributed by atoms with Gasteiger partial charge in [0.05, 0.1) is 6.54 Å². The molecule has 4 aliphatic carbocycles. The molecule has 4 saturated carbocycles. The minimum Gasteiger partial charge on any atom is -0.319 e. The maximum atomic E-state index is 13.3. The number of nitrogens with one attached hydrogen (secondary N) is 1. The Hall–Kier alpha value is -1.69. The molecule has 3 amide bonds. The fourth-order valence-electron chi connectivity index (χ4n) is 6.35. The fourth-order valence-corrected chi connectivity index (χ4v) is 7.11. The van der Waals surface area contributed by atoms with Crippen LogP contribution in [-0.4, -0.2) is 29.2 Å². The van der Waals surface area contributed by atoms with E-state index in [-0.39, 0.29) is 23.7 Å². The van der Waals surface area contributed by atoms with E-state index >= 15 is 0 Å². The first-order valence-electron chi connectivity index (χ1n) is 9.60. The number of Topliss-reactive ketones (excluding diaryl/α,β-unsaturated/α-hetero) is 1. The zero-order valence-corrected chi connectivity index (χ0v) is 15.8. The minimum atomic E-state index is -1.06. The van der Waals surface area contributed by atoms with E-state index in [0.717, 1.165) is 29.7 Å². The summed E-state index contributed by atoms with van der Waals surface area (Å²) >= 11 is 1.49. The molecule has 1 saturated heterocycles. The smallest absolute Gasteiger partial charge is 0.319 e. The maximum absolute atomic E-state index is 13.3. The van der Waals surface area contributed by atoms with Crippen molar-refractivity contribution in [1.82, 2.24) is 10.2 Å². The Kier molecular flexibility index (Phi) is 3.43. The average Bonchev–Trinajstić information content (AvgIpc) is 3.18. The second kappa shape index (κ2) is 5.41. The van der Waals surface area contributed by atoms with Crippen LogP contribution in [0.3, 0.4) is 0 Å². The molecular weight excluding hydrogens is 348 g/mol. The third kappa shape index (κ3) is 2.24. The molecule has 0 spiro atoms. The van der Waals surface area contributed by atoms with E-state index < -0.39 is 11.6 Å². The van der Waals surface area contributed by atoms with E-state index in [1.807, 2.05) is 16.8 Å². The second-order valence-electron chi connectivity index (χ2n) is 9.08. The number of carbonyl (C=O) groups excluding carboxylic acids is 3. The van der Waals surface area contributed by atoms with Gasteiger partial charge in [-0.1, -0.05) is 0 Å². The number of hydrogen-bond acceptors (Lipinski definition) is 4. The molecule has 26 heavy (non-hydrogen) atoms. The first-order valence-corrected chi connectivity index (χ1v) is 10.5. The summed E-state index contributed by atoms with van der Waals surface area (Å²) in [7, 11) is 0. The van der Waals surface area contributed by atoms with Gasteiger partial charge >= 0.3 is 6.03 Å². The lowest BCUT2D eigenvalue weighted by Gasteiger charge is -2.56. The van der Waals surface area contributed by atoms with Crippen molar-refractivity contribution >= 4 is 29.1 Å². The normalized spacial score (nSPS) is 41.0. The van der Waals surface area contributed by atoms with E-state index in [4.69, 9.17) is 0 Å². The molecule has 138 valence electrons. The quantitative estimate of drug-likeness (QED) is 0.825. The zero-order valence-electron chi connectivity index (χ0n) is 15.0. The van der Waals surface area contributed by atoms with Crippen LogP contribution in [0, 0.1) is 23.2 Å². The summed E-state index contributed by atoms with van der Waals surface area (Å²) in [5.41, 5.74) is -0.555. The summed E-state index contributed by atoms with van der Waals surface area (Å²) < 4.78 is 0. The van der Waals surface area contributed by atoms with Gasteiger partial charge in [-0.3, -0.25) is 14.5 Å². The first kappa shape index (κ1) is 16.5. The van der Waals surface area contributed by atoms with E-state index in [1.54, 1.807) is 6.92 Å². The number of carbonyl (C=O) groups is 3. The Morgan fingerprint density at radius 2 is 1.81 bits per heavy atom. The highest BCUT2D eigenvalue weighted by atomic mass is 32.1. The van der Waals surface area contributed by atoms with Gasteiger partial charge in [-0.05, 0) is 85.6 Å². The molecule has 1 atom stereocenters. The topological polar surface area (TPSA) is 66.5 Å². The summed E-state index contributed by atoms with van der Waals surface area (Å²) in [5, 5.41) is 6.57. The highest BCUT2D eigenvalue weighted by Crippen LogP contribution is 2.60. The first-order chi connectivity index (χ1) is 12.4. The molecule has 1 aromatic heterocycles. The van der Waals surface area contributed by atoms with Gasteiger partial charge in [-0.25, -0.2) is 4.79 Å². The van der Waals surface area contributed by atoms with Gasteiger partial charge < -0.3 is 5.32 Å². The molecule has 1 aromatic rings. The number of nitrogens with zero attached hydrogens (tertiary/aromatic N) is 1. The average molecular weight is 372 g/mol. The Morgan fingerprint density at radius 3 is 2.35 bits per heavy atom. The highest BCUT2D eigenvalue weighted by Gasteiger charge is 2.56. The summed E-state index contributed by atoms with van der Waals surface area (Å²) in [6.45, 7) is 1.65. The monoisotopic (exact) mass is 372 g/mol. The molecule has 6 heteroatoms. The summed E-state index contributed by atoms with van der Waals surface area (Å²) in [6.07, 6.45) is 6.69. The largest absolute Gasteiger partial charge is 0.325 e. The lowest BCUT2D eigenvalue weighted by molar-refractivity contribution is -0.147. The minimum absolute atomic E-state index is 0.0729. The number of amides is 3. The van der Waals surface area contributed by atoms with Gasteiger partial charge in [0.15, 0.2) is 5.78 Å². The van der Waals surface area contributed by atoms with Crippen molar-refractivity contribution in [2.45, 2.75) is 51.0 Å². The van der Waals surface area contributed by atoms with E-state index in [2.05, 4.69) is 5.32 Å². The molecule has 5 nitrogen and oxygen atoms in total. The SMILES string of the molecule is C[C@]1(c2ccsc2)NC(=O)N(CC(=O)C23CC4CC(CC(C4)C2)C3)C1=O. The maximum Gasteiger partial charge on any atom is 0.325 e. The molecule has 5 aliphatic rings. The number of thiophene rings is 1. The second-order valence-corrected chi connectivity index (χ2v) is 9.86. The van der Waals surface area contributed by atoms with Crippen molar-refractivity contribution in [3.8, 4) is 0 Å². The van der Waals surface area contributed by atoms with Crippen molar-refractivity contribution in [3.05, 3.63) is 22.4 Å². The van der Waals surface area contributed by atoms with Crippen LogP contribution in [0.2, 0.25) is 0 Å². The van der Waals surface area contributed by atoms with Crippen molar-refractivity contribution in [2.75, 3.05) is 6.54 Å². The third-order valence-corrected chi connectivity index (χ3v) is 7.99. The standard InChI is InChI=1S/C20H24N2O3S/c1-19(15-2-3-26-11-15)17(24)22(18(25)21-19)10-16(23)20-7-12-4-13(8-20)6-14(5-12)9-20/h2-3,11-14H,4-10H2,1H3,(H,21,25)/t12?,13?,14?,19-,20?/m1/s1. The number of imide groups is 1. The molecule has 2 heterocycles. The molecular formula is C20H24N2O3S. The molecule has 0 aromatic carbocycles. The highest BCUT2D eigenvalue weighted by molar-refractivity contribution is 7.08. The Labute approximate surface area is 157 Å². The van der Waals surface area contributed by atoms with Crippen LogP contribution in [0.4, 0.5) is 4.79 Å². The Morgan fingerprint density at radius 1 is 1.19 bits per heavy atom. The summed E-state index contributed by atoms with van der Waals surface area (Å²) in [5.74, 6) is 1.81. The molecule has 6 rings (SSSR count). The number of rotatable bonds is 4. The van der Waals surface area contributed by atoms with Crippen LogP contribution in [0.5, 0.6) is 0 Å². The number of ketones is 1. The summed E-state index contributed by atoms with van der Waals surface area (Å²) in [6, 6.07) is 1.41. The lowest BCUT2D eigenvalue weighted by atomic mass is 9.48. The molecule has 0 unspecified atom stereocenters. The van der Waals surface area contributed by atoms with E-state index in [9.17, 15) is 14.4 Å². The van der Waals surface area contributed by atoms with Gasteiger partial charge in [0.1, 0.15) is 5.54 Å². The van der Waals surface area contributed by atoms with Crippen molar-refractivity contribution < 1.29 is 14.4 Å². The molecule has 1 N–H and O–H groups in total. The van der Waals surface area contributed by atoms with E-state index in [0.29, 0.717) is 17.8 Å². The van der Waals surface area contributed by atoms with Gasteiger partial charge in [0.25, 0.3) is 5.91 Å². The lowest BCUT2D eigenvalue weighted by Crippen LogP contribution is -2.53.